The van der Waals surface area contributed by atoms with Crippen molar-refractivity contribution in [1.82, 2.24) is 14.7 Å². The fourth-order valence-corrected chi connectivity index (χ4v) is 4.96. The van der Waals surface area contributed by atoms with Crippen LogP contribution in [0.15, 0.2) is 72.8 Å². The smallest absolute Gasteiger partial charge is 0.253 e. The summed E-state index contributed by atoms with van der Waals surface area (Å²) in [6.45, 7) is 5.83. The highest BCUT2D eigenvalue weighted by Gasteiger charge is 2.25. The van der Waals surface area contributed by atoms with Gasteiger partial charge < -0.3 is 9.80 Å². The van der Waals surface area contributed by atoms with Gasteiger partial charge in [-0.2, -0.15) is 0 Å². The summed E-state index contributed by atoms with van der Waals surface area (Å²) in [7, 11) is 4.19. The van der Waals surface area contributed by atoms with E-state index >= 15 is 0 Å². The number of fused-ring (bicyclic) bond motifs is 1. The molecule has 1 saturated heterocycles. The quantitative estimate of drug-likeness (QED) is 0.458. The molecule has 1 unspecified atom stereocenters. The number of likely N-dealkylation sites (tertiary alicyclic amines) is 1. The second-order valence-electron chi connectivity index (χ2n) is 9.70. The van der Waals surface area contributed by atoms with Crippen LogP contribution in [0.5, 0.6) is 0 Å². The average molecular weight is 444 g/mol. The molecule has 0 aromatic heterocycles. The van der Waals surface area contributed by atoms with Crippen LogP contribution in [-0.4, -0.2) is 67.4 Å². The molecule has 3 aromatic rings. The van der Waals surface area contributed by atoms with E-state index in [4.69, 9.17) is 0 Å². The van der Waals surface area contributed by atoms with Crippen LogP contribution in [0.2, 0.25) is 0 Å². The number of carbonyl (C=O) groups is 1. The lowest BCUT2D eigenvalue weighted by molar-refractivity contribution is 0.0667. The van der Waals surface area contributed by atoms with Crippen LogP contribution in [0.1, 0.15) is 35.2 Å². The van der Waals surface area contributed by atoms with Gasteiger partial charge >= 0.3 is 0 Å². The van der Waals surface area contributed by atoms with Gasteiger partial charge in [-0.15, -0.1) is 0 Å². The van der Waals surface area contributed by atoms with Crippen molar-refractivity contribution in [3.63, 3.8) is 0 Å². The molecule has 0 spiro atoms. The fraction of sp³-hybridized carbons (Fsp3) is 0.414. The lowest BCUT2D eigenvalue weighted by Crippen LogP contribution is -2.43. The first-order chi connectivity index (χ1) is 16.1. The highest BCUT2D eigenvalue weighted by molar-refractivity contribution is 5.98. The fourth-order valence-electron chi connectivity index (χ4n) is 4.96. The Bertz CT molecular complexity index is 1030. The van der Waals surface area contributed by atoms with Gasteiger partial charge in [0.15, 0.2) is 0 Å². The molecule has 0 saturated carbocycles. The Hall–Kier alpha value is -2.69. The molecule has 4 nitrogen and oxygen atoms in total. The number of rotatable bonds is 9. The zero-order valence-electron chi connectivity index (χ0n) is 20.1. The van der Waals surface area contributed by atoms with E-state index in [-0.39, 0.29) is 5.91 Å². The van der Waals surface area contributed by atoms with Gasteiger partial charge in [0.25, 0.3) is 5.91 Å². The van der Waals surface area contributed by atoms with Gasteiger partial charge in [0.1, 0.15) is 0 Å². The van der Waals surface area contributed by atoms with E-state index in [2.05, 4.69) is 83.4 Å². The highest BCUT2D eigenvalue weighted by Crippen LogP contribution is 2.22. The first-order valence-electron chi connectivity index (χ1n) is 12.3. The number of benzene rings is 3. The van der Waals surface area contributed by atoms with E-state index in [9.17, 15) is 4.79 Å². The van der Waals surface area contributed by atoms with Crippen LogP contribution >= 0.6 is 0 Å². The molecule has 1 heterocycles. The zero-order valence-corrected chi connectivity index (χ0v) is 20.1. The molecule has 0 N–H and O–H groups in total. The lowest BCUT2D eigenvalue weighted by Gasteiger charge is -2.36. The van der Waals surface area contributed by atoms with Crippen molar-refractivity contribution in [2.45, 2.75) is 25.8 Å². The largest absolute Gasteiger partial charge is 0.338 e. The predicted octanol–water partition coefficient (Wildman–Crippen LogP) is 5.15. The third kappa shape index (κ3) is 6.66. The van der Waals surface area contributed by atoms with E-state index in [0.717, 1.165) is 56.6 Å². The Labute approximate surface area is 198 Å². The number of nitrogens with zero attached hydrogens (tertiary/aromatic N) is 3. The topological polar surface area (TPSA) is 26.8 Å². The Balaban J connectivity index is 1.45. The molecule has 1 amide bonds. The second kappa shape index (κ2) is 11.4. The molecular weight excluding hydrogens is 406 g/mol. The maximum absolute atomic E-state index is 13.6. The molecular formula is C29H37N3O. The first kappa shape index (κ1) is 23.5. The first-order valence-corrected chi connectivity index (χ1v) is 12.3. The Morgan fingerprint density at radius 3 is 2.48 bits per heavy atom. The molecule has 0 radical (unpaired) electrons. The van der Waals surface area contributed by atoms with Gasteiger partial charge in [0.2, 0.25) is 0 Å². The van der Waals surface area contributed by atoms with Crippen molar-refractivity contribution < 1.29 is 4.79 Å². The molecule has 1 fully saturated rings. The van der Waals surface area contributed by atoms with E-state index in [1.165, 1.54) is 23.8 Å². The summed E-state index contributed by atoms with van der Waals surface area (Å²) in [6.07, 6.45) is 3.39. The van der Waals surface area contributed by atoms with Gasteiger partial charge in [-0.1, -0.05) is 60.7 Å². The second-order valence-corrected chi connectivity index (χ2v) is 9.70. The van der Waals surface area contributed by atoms with Crippen molar-refractivity contribution in [3.05, 3.63) is 83.9 Å². The predicted molar refractivity (Wildman–Crippen MR) is 137 cm³/mol. The minimum absolute atomic E-state index is 0.166. The van der Waals surface area contributed by atoms with E-state index in [1.807, 2.05) is 18.2 Å². The van der Waals surface area contributed by atoms with Gasteiger partial charge in [0, 0.05) is 31.7 Å². The van der Waals surface area contributed by atoms with Crippen molar-refractivity contribution >= 4 is 16.7 Å². The van der Waals surface area contributed by atoms with E-state index < -0.39 is 0 Å². The van der Waals surface area contributed by atoms with Crippen LogP contribution in [-0.2, 0) is 6.54 Å². The third-order valence-electron chi connectivity index (χ3n) is 6.65. The number of carbonyl (C=O) groups excluding carboxylic acids is 1. The summed E-state index contributed by atoms with van der Waals surface area (Å²) in [6, 6.07) is 25.1. The number of hydrogen-bond acceptors (Lipinski definition) is 3. The summed E-state index contributed by atoms with van der Waals surface area (Å²) in [5.74, 6) is 0.686. The summed E-state index contributed by atoms with van der Waals surface area (Å²) in [5, 5.41) is 2.31. The molecule has 1 aliphatic heterocycles. The molecule has 1 aliphatic rings. The molecule has 3 aromatic carbocycles. The molecule has 0 aliphatic carbocycles. The number of piperidine rings is 1. The van der Waals surface area contributed by atoms with Gasteiger partial charge in [-0.05, 0) is 80.8 Å². The Morgan fingerprint density at radius 2 is 1.70 bits per heavy atom. The summed E-state index contributed by atoms with van der Waals surface area (Å²) in [4.78, 5) is 20.5. The summed E-state index contributed by atoms with van der Waals surface area (Å²) >= 11 is 0. The Morgan fingerprint density at radius 1 is 0.939 bits per heavy atom. The Kier molecular flexibility index (Phi) is 8.14. The number of amides is 1. The SMILES string of the molecule is CN(C)CCCN(CC1CCCN(Cc2ccccc2)C1)C(=O)c1ccc2ccccc2c1. The van der Waals surface area contributed by atoms with Crippen molar-refractivity contribution in [1.29, 1.82) is 0 Å². The van der Waals surface area contributed by atoms with Gasteiger partial charge in [0.05, 0.1) is 0 Å². The van der Waals surface area contributed by atoms with E-state index in [0.29, 0.717) is 5.92 Å². The minimum Gasteiger partial charge on any atom is -0.338 e. The van der Waals surface area contributed by atoms with Crippen LogP contribution in [0.3, 0.4) is 0 Å². The van der Waals surface area contributed by atoms with Crippen molar-refractivity contribution in [2.75, 3.05) is 46.8 Å². The highest BCUT2D eigenvalue weighted by atomic mass is 16.2. The molecule has 0 bridgehead atoms. The van der Waals surface area contributed by atoms with Crippen LogP contribution in [0.4, 0.5) is 0 Å². The van der Waals surface area contributed by atoms with Gasteiger partial charge in [-0.3, -0.25) is 9.69 Å². The molecule has 4 rings (SSSR count). The van der Waals surface area contributed by atoms with E-state index in [1.54, 1.807) is 0 Å². The maximum Gasteiger partial charge on any atom is 0.253 e. The molecule has 1 atom stereocenters. The van der Waals surface area contributed by atoms with Crippen LogP contribution in [0, 0.1) is 5.92 Å². The van der Waals surface area contributed by atoms with Crippen LogP contribution in [0.25, 0.3) is 10.8 Å². The molecule has 33 heavy (non-hydrogen) atoms. The standard InChI is InChI=1S/C29H37N3O/c1-30(2)17-9-19-32(29(33)28-16-15-26-13-6-7-14-27(26)20-28)23-25-12-8-18-31(22-25)21-24-10-4-3-5-11-24/h3-7,10-11,13-16,20,25H,8-9,12,17-19,21-23H2,1-2H3. The van der Waals surface area contributed by atoms with Gasteiger partial charge in [-0.25, -0.2) is 0 Å². The summed E-state index contributed by atoms with van der Waals surface area (Å²) < 4.78 is 0. The minimum atomic E-state index is 0.166. The monoisotopic (exact) mass is 443 g/mol. The molecule has 174 valence electrons. The molecule has 4 heteroatoms. The maximum atomic E-state index is 13.6. The average Bonchev–Trinajstić information content (AvgIpc) is 2.83. The number of hydrogen-bond donors (Lipinski definition) is 0. The van der Waals surface area contributed by atoms with Crippen molar-refractivity contribution in [3.8, 4) is 0 Å². The van der Waals surface area contributed by atoms with Crippen LogP contribution < -0.4 is 0 Å². The van der Waals surface area contributed by atoms with Crippen molar-refractivity contribution in [2.24, 2.45) is 5.92 Å². The summed E-state index contributed by atoms with van der Waals surface area (Å²) in [5.41, 5.74) is 2.17. The zero-order chi connectivity index (χ0) is 23.0. The lowest BCUT2D eigenvalue weighted by atomic mass is 9.96. The third-order valence-corrected chi connectivity index (χ3v) is 6.65. The normalized spacial score (nSPS) is 16.9.